The molecule has 1 atom stereocenters. The Labute approximate surface area is 156 Å². The van der Waals surface area contributed by atoms with Crippen LogP contribution in [0.2, 0.25) is 0 Å². The molecule has 0 aliphatic carbocycles. The molecule has 4 rings (SSSR count). The van der Waals surface area contributed by atoms with E-state index in [9.17, 15) is 14.3 Å². The summed E-state index contributed by atoms with van der Waals surface area (Å²) in [6.45, 7) is 4.31. The fraction of sp³-hybridized carbons (Fsp3) is 0.238. The highest BCUT2D eigenvalue weighted by Gasteiger charge is 2.30. The average molecular weight is 365 g/mol. The Balaban J connectivity index is 1.68. The molecule has 0 saturated carbocycles. The Hall–Kier alpha value is -2.99. The number of rotatable bonds is 2. The Morgan fingerprint density at radius 2 is 1.85 bits per heavy atom. The fourth-order valence-electron chi connectivity index (χ4n) is 3.68. The molecule has 3 aromatic rings. The predicted molar refractivity (Wildman–Crippen MR) is 99.1 cm³/mol. The monoisotopic (exact) mass is 365 g/mol. The third-order valence-electron chi connectivity index (χ3n) is 5.03. The van der Waals surface area contributed by atoms with Crippen LogP contribution >= 0.6 is 0 Å². The van der Waals surface area contributed by atoms with Gasteiger partial charge in [0.1, 0.15) is 5.82 Å². The summed E-state index contributed by atoms with van der Waals surface area (Å²) < 4.78 is 14.9. The summed E-state index contributed by atoms with van der Waals surface area (Å²) in [7, 11) is 0. The molecular weight excluding hydrogens is 345 g/mol. The van der Waals surface area contributed by atoms with E-state index in [0.717, 1.165) is 11.1 Å². The summed E-state index contributed by atoms with van der Waals surface area (Å²) in [6, 6.07) is 13.6. The zero-order chi connectivity index (χ0) is 19.1. The number of benzene rings is 2. The average Bonchev–Trinajstić information content (AvgIpc) is 2.96. The number of aliphatic hydroxyl groups is 1. The second kappa shape index (κ2) is 6.63. The number of amides is 1. The van der Waals surface area contributed by atoms with Gasteiger partial charge < -0.3 is 10.0 Å². The van der Waals surface area contributed by atoms with Crippen molar-refractivity contribution in [2.45, 2.75) is 26.5 Å². The van der Waals surface area contributed by atoms with Gasteiger partial charge in [0, 0.05) is 6.54 Å². The van der Waals surface area contributed by atoms with Gasteiger partial charge in [0.2, 0.25) is 0 Å². The highest BCUT2D eigenvalue weighted by atomic mass is 19.1. The highest BCUT2D eigenvalue weighted by Crippen LogP contribution is 2.28. The van der Waals surface area contributed by atoms with Gasteiger partial charge >= 0.3 is 0 Å². The number of fused-ring (bicyclic) bond motifs is 1. The van der Waals surface area contributed by atoms with Crippen molar-refractivity contribution < 1.29 is 14.3 Å². The van der Waals surface area contributed by atoms with E-state index < -0.39 is 6.10 Å². The zero-order valence-corrected chi connectivity index (χ0v) is 15.2. The van der Waals surface area contributed by atoms with Crippen LogP contribution in [0.1, 0.15) is 39.0 Å². The molecule has 5 nitrogen and oxygen atoms in total. The number of hydrogen-bond acceptors (Lipinski definition) is 3. The van der Waals surface area contributed by atoms with E-state index in [1.54, 1.807) is 28.6 Å². The van der Waals surface area contributed by atoms with Crippen LogP contribution in [0.3, 0.4) is 0 Å². The number of nitrogens with zero attached hydrogens (tertiary/aromatic N) is 3. The minimum atomic E-state index is -0.702. The number of aromatic nitrogens is 2. The predicted octanol–water partition coefficient (Wildman–Crippen LogP) is 3.32. The summed E-state index contributed by atoms with van der Waals surface area (Å²) in [6.07, 6.45) is -0.702. The third-order valence-corrected chi connectivity index (χ3v) is 5.03. The Kier molecular flexibility index (Phi) is 4.28. The van der Waals surface area contributed by atoms with Crippen molar-refractivity contribution in [3.8, 4) is 5.69 Å². The van der Waals surface area contributed by atoms with Crippen molar-refractivity contribution in [3.63, 3.8) is 0 Å². The molecule has 0 saturated heterocycles. The number of halogens is 1. The Morgan fingerprint density at radius 3 is 2.59 bits per heavy atom. The first-order valence-corrected chi connectivity index (χ1v) is 8.83. The van der Waals surface area contributed by atoms with Gasteiger partial charge in [-0.15, -0.1) is 0 Å². The van der Waals surface area contributed by atoms with Crippen molar-refractivity contribution in [2.75, 3.05) is 6.54 Å². The molecule has 1 aromatic heterocycles. The van der Waals surface area contributed by atoms with Gasteiger partial charge in [-0.1, -0.05) is 24.3 Å². The van der Waals surface area contributed by atoms with Gasteiger partial charge in [-0.25, -0.2) is 9.07 Å². The van der Waals surface area contributed by atoms with Crippen LogP contribution in [0.5, 0.6) is 0 Å². The molecule has 1 amide bonds. The highest BCUT2D eigenvalue weighted by molar-refractivity contribution is 5.96. The molecule has 0 radical (unpaired) electrons. The lowest BCUT2D eigenvalue weighted by Crippen LogP contribution is -2.38. The zero-order valence-electron chi connectivity index (χ0n) is 15.2. The minimum absolute atomic E-state index is 0.160. The maximum absolute atomic E-state index is 13.2. The maximum atomic E-state index is 13.2. The van der Waals surface area contributed by atoms with Crippen molar-refractivity contribution in [1.29, 1.82) is 0 Å². The Bertz CT molecular complexity index is 1010. The van der Waals surface area contributed by atoms with E-state index in [1.807, 2.05) is 31.2 Å². The molecule has 1 N–H and O–H groups in total. The number of hydrogen-bond donors (Lipinski definition) is 1. The van der Waals surface area contributed by atoms with Crippen LogP contribution < -0.4 is 0 Å². The summed E-state index contributed by atoms with van der Waals surface area (Å²) in [5, 5.41) is 14.9. The molecule has 1 aliphatic rings. The summed E-state index contributed by atoms with van der Waals surface area (Å²) >= 11 is 0. The van der Waals surface area contributed by atoms with E-state index in [4.69, 9.17) is 0 Å². The maximum Gasteiger partial charge on any atom is 0.258 e. The molecule has 6 heteroatoms. The van der Waals surface area contributed by atoms with Crippen LogP contribution in [0.4, 0.5) is 4.39 Å². The number of carbonyl (C=O) groups excluding carboxylic acids is 1. The lowest BCUT2D eigenvalue weighted by Gasteiger charge is -2.32. The topological polar surface area (TPSA) is 58.4 Å². The summed E-state index contributed by atoms with van der Waals surface area (Å²) in [5.41, 5.74) is 4.33. The number of carbonyl (C=O) groups is 1. The summed E-state index contributed by atoms with van der Waals surface area (Å²) in [5.74, 6) is -0.482. The minimum Gasteiger partial charge on any atom is -0.387 e. The number of aryl methyl sites for hydroxylation is 1. The molecule has 2 heterocycles. The molecule has 1 unspecified atom stereocenters. The lowest BCUT2D eigenvalue weighted by atomic mass is 9.97. The van der Waals surface area contributed by atoms with Crippen molar-refractivity contribution >= 4 is 5.91 Å². The van der Waals surface area contributed by atoms with Crippen LogP contribution in [-0.4, -0.2) is 32.2 Å². The normalized spacial score (nSPS) is 16.3. The lowest BCUT2D eigenvalue weighted by molar-refractivity contribution is 0.0548. The second-order valence-corrected chi connectivity index (χ2v) is 6.83. The van der Waals surface area contributed by atoms with E-state index in [0.29, 0.717) is 29.2 Å². The van der Waals surface area contributed by atoms with Gasteiger partial charge in [-0.05, 0) is 49.2 Å². The van der Waals surface area contributed by atoms with Gasteiger partial charge in [0.25, 0.3) is 5.91 Å². The molecule has 0 bridgehead atoms. The van der Waals surface area contributed by atoms with E-state index in [2.05, 4.69) is 5.10 Å². The largest absolute Gasteiger partial charge is 0.387 e. The van der Waals surface area contributed by atoms with Crippen molar-refractivity contribution in [1.82, 2.24) is 14.7 Å². The van der Waals surface area contributed by atoms with E-state index in [1.165, 1.54) is 12.1 Å². The molecular formula is C21H20FN3O2. The summed E-state index contributed by atoms with van der Waals surface area (Å²) in [4.78, 5) is 14.8. The van der Waals surface area contributed by atoms with Gasteiger partial charge in [0.15, 0.2) is 0 Å². The van der Waals surface area contributed by atoms with Crippen LogP contribution in [0.25, 0.3) is 5.69 Å². The quantitative estimate of drug-likeness (QED) is 0.758. The molecule has 27 heavy (non-hydrogen) atoms. The molecule has 2 aromatic carbocycles. The second-order valence-electron chi connectivity index (χ2n) is 6.83. The molecule has 0 spiro atoms. The van der Waals surface area contributed by atoms with Crippen LogP contribution in [-0.2, 0) is 6.54 Å². The smallest absolute Gasteiger partial charge is 0.258 e. The van der Waals surface area contributed by atoms with E-state index in [-0.39, 0.29) is 18.3 Å². The SMILES string of the molecule is Cc1nn(-c2ccc(F)cc2)c(C)c1C(=O)N1Cc2ccccc2C(O)C1. The first-order chi connectivity index (χ1) is 13.0. The first-order valence-electron chi connectivity index (χ1n) is 8.83. The Morgan fingerprint density at radius 1 is 1.15 bits per heavy atom. The number of β-amino-alcohol motifs (C(OH)–C–C–N with tert-alkyl or cyclic N) is 1. The number of aliphatic hydroxyl groups excluding tert-OH is 1. The third kappa shape index (κ3) is 3.02. The molecule has 0 fully saturated rings. The van der Waals surface area contributed by atoms with E-state index >= 15 is 0 Å². The van der Waals surface area contributed by atoms with Crippen molar-refractivity contribution in [3.05, 3.63) is 82.4 Å². The van der Waals surface area contributed by atoms with Crippen molar-refractivity contribution in [2.24, 2.45) is 0 Å². The van der Waals surface area contributed by atoms with Gasteiger partial charge in [-0.3, -0.25) is 4.79 Å². The van der Waals surface area contributed by atoms with Gasteiger partial charge in [-0.2, -0.15) is 5.10 Å². The van der Waals surface area contributed by atoms with Gasteiger partial charge in [0.05, 0.1) is 35.3 Å². The first kappa shape index (κ1) is 17.4. The van der Waals surface area contributed by atoms with Crippen LogP contribution in [0, 0.1) is 19.7 Å². The molecule has 138 valence electrons. The molecule has 1 aliphatic heterocycles. The standard InChI is InChI=1S/C21H20FN3O2/c1-13-20(14(2)25(23-13)17-9-7-16(22)8-10-17)21(27)24-11-15-5-3-4-6-18(15)19(26)12-24/h3-10,19,26H,11-12H2,1-2H3. The fourth-order valence-corrected chi connectivity index (χ4v) is 3.68. The van der Waals surface area contributed by atoms with Crippen LogP contribution in [0.15, 0.2) is 48.5 Å².